The van der Waals surface area contributed by atoms with E-state index in [0.717, 1.165) is 0 Å². The first kappa shape index (κ1) is 17.8. The third-order valence-corrected chi connectivity index (χ3v) is 3.72. The van der Waals surface area contributed by atoms with Gasteiger partial charge < -0.3 is 9.84 Å². The lowest BCUT2D eigenvalue weighted by Gasteiger charge is -2.10. The van der Waals surface area contributed by atoms with Crippen molar-refractivity contribution >= 4 is 11.6 Å². The topological polar surface area (TPSA) is 98.7 Å². The molecule has 3 rings (SSSR count). The van der Waals surface area contributed by atoms with Crippen LogP contribution in [0.5, 0.6) is 0 Å². The molecule has 1 amide bonds. The molecule has 0 bridgehead atoms. The standard InChI is InChI=1S/C18H22N6O2/c1-18(2,3)17-22-15(26-23-17)9-4-8-14(25)21-13-7-5-10-19-16(13)24-12-6-11-20-24/h5-7,10-12H,4,8-9H2,1-3H3,(H,21,25). The quantitative estimate of drug-likeness (QED) is 0.731. The van der Waals surface area contributed by atoms with Crippen LogP contribution in [0.25, 0.3) is 5.82 Å². The molecule has 1 N–H and O–H groups in total. The summed E-state index contributed by atoms with van der Waals surface area (Å²) in [6.45, 7) is 6.08. The molecule has 136 valence electrons. The van der Waals surface area contributed by atoms with Crippen molar-refractivity contribution in [1.82, 2.24) is 24.9 Å². The van der Waals surface area contributed by atoms with E-state index in [-0.39, 0.29) is 11.3 Å². The predicted molar refractivity (Wildman–Crippen MR) is 95.9 cm³/mol. The average Bonchev–Trinajstić information content (AvgIpc) is 3.26. The molecule has 0 aliphatic carbocycles. The summed E-state index contributed by atoms with van der Waals surface area (Å²) in [6, 6.07) is 5.38. The van der Waals surface area contributed by atoms with Gasteiger partial charge in [-0.1, -0.05) is 25.9 Å². The van der Waals surface area contributed by atoms with Crippen molar-refractivity contribution in [3.05, 3.63) is 48.5 Å². The minimum Gasteiger partial charge on any atom is -0.339 e. The average molecular weight is 354 g/mol. The third kappa shape index (κ3) is 4.33. The molecule has 0 unspecified atom stereocenters. The van der Waals surface area contributed by atoms with Gasteiger partial charge in [-0.05, 0) is 24.6 Å². The Morgan fingerprint density at radius 2 is 2.12 bits per heavy atom. The smallest absolute Gasteiger partial charge is 0.226 e. The van der Waals surface area contributed by atoms with Gasteiger partial charge in [-0.2, -0.15) is 10.1 Å². The number of hydrogen-bond acceptors (Lipinski definition) is 6. The zero-order valence-electron chi connectivity index (χ0n) is 15.1. The van der Waals surface area contributed by atoms with Gasteiger partial charge in [0.25, 0.3) is 0 Å². The van der Waals surface area contributed by atoms with Crippen LogP contribution in [0.1, 0.15) is 45.3 Å². The lowest BCUT2D eigenvalue weighted by molar-refractivity contribution is -0.116. The molecule has 8 heteroatoms. The SMILES string of the molecule is CC(C)(C)c1noc(CCCC(=O)Nc2cccnc2-n2cccn2)n1. The van der Waals surface area contributed by atoms with Crippen molar-refractivity contribution in [2.45, 2.75) is 45.4 Å². The number of anilines is 1. The van der Waals surface area contributed by atoms with Gasteiger partial charge in [0.2, 0.25) is 11.8 Å². The first-order valence-electron chi connectivity index (χ1n) is 8.51. The molecule has 0 aliphatic heterocycles. The molecular weight excluding hydrogens is 332 g/mol. The first-order valence-corrected chi connectivity index (χ1v) is 8.51. The Hall–Kier alpha value is -3.03. The lowest BCUT2D eigenvalue weighted by Crippen LogP contribution is -2.14. The summed E-state index contributed by atoms with van der Waals surface area (Å²) >= 11 is 0. The Morgan fingerprint density at radius 1 is 1.27 bits per heavy atom. The van der Waals surface area contributed by atoms with Crippen LogP contribution in [0.2, 0.25) is 0 Å². The summed E-state index contributed by atoms with van der Waals surface area (Å²) in [6.07, 6.45) is 6.64. The molecular formula is C18H22N6O2. The Bertz CT molecular complexity index is 864. The summed E-state index contributed by atoms with van der Waals surface area (Å²) in [5.74, 6) is 1.72. The van der Waals surface area contributed by atoms with Crippen LogP contribution in [0.15, 0.2) is 41.3 Å². The second-order valence-electron chi connectivity index (χ2n) is 6.99. The third-order valence-electron chi connectivity index (χ3n) is 3.72. The highest BCUT2D eigenvalue weighted by Crippen LogP contribution is 2.19. The molecule has 3 aromatic rings. The summed E-state index contributed by atoms with van der Waals surface area (Å²) in [4.78, 5) is 20.9. The monoisotopic (exact) mass is 354 g/mol. The number of nitrogens with one attached hydrogen (secondary N) is 1. The van der Waals surface area contributed by atoms with Crippen LogP contribution in [0, 0.1) is 0 Å². The van der Waals surface area contributed by atoms with Gasteiger partial charge in [-0.25, -0.2) is 9.67 Å². The van der Waals surface area contributed by atoms with Crippen molar-refractivity contribution in [1.29, 1.82) is 0 Å². The number of carbonyl (C=O) groups is 1. The number of amides is 1. The molecule has 3 aromatic heterocycles. The number of nitrogens with zero attached hydrogens (tertiary/aromatic N) is 5. The zero-order chi connectivity index (χ0) is 18.6. The second kappa shape index (κ2) is 7.47. The van der Waals surface area contributed by atoms with Crippen molar-refractivity contribution < 1.29 is 9.32 Å². The fraction of sp³-hybridized carbons (Fsp3) is 0.389. The van der Waals surface area contributed by atoms with E-state index >= 15 is 0 Å². The van der Waals surface area contributed by atoms with E-state index in [2.05, 4.69) is 25.5 Å². The van der Waals surface area contributed by atoms with Gasteiger partial charge in [-0.3, -0.25) is 4.79 Å². The van der Waals surface area contributed by atoms with Crippen LogP contribution >= 0.6 is 0 Å². The van der Waals surface area contributed by atoms with E-state index in [4.69, 9.17) is 4.52 Å². The highest BCUT2D eigenvalue weighted by Gasteiger charge is 2.20. The molecule has 8 nitrogen and oxygen atoms in total. The number of hydrogen-bond donors (Lipinski definition) is 1. The summed E-state index contributed by atoms with van der Waals surface area (Å²) in [7, 11) is 0. The van der Waals surface area contributed by atoms with E-state index in [9.17, 15) is 4.79 Å². The maximum atomic E-state index is 12.3. The van der Waals surface area contributed by atoms with Crippen LogP contribution in [-0.2, 0) is 16.6 Å². The molecule has 0 aromatic carbocycles. The lowest BCUT2D eigenvalue weighted by atomic mass is 9.96. The van der Waals surface area contributed by atoms with Gasteiger partial charge in [0.05, 0.1) is 5.69 Å². The molecule has 0 aliphatic rings. The van der Waals surface area contributed by atoms with Crippen molar-refractivity contribution in [2.24, 2.45) is 0 Å². The van der Waals surface area contributed by atoms with Gasteiger partial charge in [-0.15, -0.1) is 0 Å². The number of aryl methyl sites for hydroxylation is 1. The Labute approximate surface area is 151 Å². The maximum Gasteiger partial charge on any atom is 0.226 e. The Morgan fingerprint density at radius 3 is 2.81 bits per heavy atom. The highest BCUT2D eigenvalue weighted by molar-refractivity contribution is 5.92. The van der Waals surface area contributed by atoms with Crippen molar-refractivity contribution in [3.8, 4) is 5.82 Å². The molecule has 0 radical (unpaired) electrons. The van der Waals surface area contributed by atoms with Crippen LogP contribution < -0.4 is 5.32 Å². The molecule has 3 heterocycles. The number of carbonyl (C=O) groups excluding carboxylic acids is 1. The van der Waals surface area contributed by atoms with E-state index in [1.807, 2.05) is 20.8 Å². The fourth-order valence-corrected chi connectivity index (χ4v) is 2.35. The maximum absolute atomic E-state index is 12.3. The molecule has 0 atom stereocenters. The van der Waals surface area contributed by atoms with Gasteiger partial charge in [0, 0.05) is 36.8 Å². The van der Waals surface area contributed by atoms with E-state index in [1.165, 1.54) is 0 Å². The summed E-state index contributed by atoms with van der Waals surface area (Å²) < 4.78 is 6.86. The number of aromatic nitrogens is 5. The van der Waals surface area contributed by atoms with Crippen molar-refractivity contribution in [3.63, 3.8) is 0 Å². The van der Waals surface area contributed by atoms with E-state index in [1.54, 1.807) is 41.5 Å². The van der Waals surface area contributed by atoms with Gasteiger partial charge in [0.15, 0.2) is 11.6 Å². The second-order valence-corrected chi connectivity index (χ2v) is 6.99. The Balaban J connectivity index is 1.55. The van der Waals surface area contributed by atoms with E-state index in [0.29, 0.717) is 42.5 Å². The predicted octanol–water partition coefficient (Wildman–Crippen LogP) is 2.91. The van der Waals surface area contributed by atoms with Crippen LogP contribution in [-0.4, -0.2) is 30.8 Å². The minimum atomic E-state index is -0.150. The summed E-state index contributed by atoms with van der Waals surface area (Å²) in [5, 5.41) is 11.0. The van der Waals surface area contributed by atoms with Gasteiger partial charge >= 0.3 is 0 Å². The van der Waals surface area contributed by atoms with E-state index < -0.39 is 0 Å². The molecule has 26 heavy (non-hydrogen) atoms. The Kier molecular flexibility index (Phi) is 5.11. The zero-order valence-corrected chi connectivity index (χ0v) is 15.1. The normalized spacial score (nSPS) is 11.5. The number of rotatable bonds is 6. The minimum absolute atomic E-state index is 0.0954. The van der Waals surface area contributed by atoms with Crippen LogP contribution in [0.3, 0.4) is 0 Å². The molecule has 0 saturated heterocycles. The molecule has 0 saturated carbocycles. The molecule has 0 fully saturated rings. The highest BCUT2D eigenvalue weighted by atomic mass is 16.5. The fourth-order valence-electron chi connectivity index (χ4n) is 2.35. The number of pyridine rings is 1. The van der Waals surface area contributed by atoms with Gasteiger partial charge in [0.1, 0.15) is 0 Å². The summed E-state index contributed by atoms with van der Waals surface area (Å²) in [5.41, 5.74) is 0.469. The molecule has 0 spiro atoms. The van der Waals surface area contributed by atoms with Crippen LogP contribution in [0.4, 0.5) is 5.69 Å². The largest absolute Gasteiger partial charge is 0.339 e. The van der Waals surface area contributed by atoms with Crippen molar-refractivity contribution in [2.75, 3.05) is 5.32 Å². The first-order chi connectivity index (χ1) is 12.4.